The van der Waals surface area contributed by atoms with E-state index in [-0.39, 0.29) is 12.5 Å². The smallest absolute Gasteiger partial charge is 0.220 e. The summed E-state index contributed by atoms with van der Waals surface area (Å²) in [5.74, 6) is -0.0405. The molecule has 4 heteroatoms. The van der Waals surface area contributed by atoms with Gasteiger partial charge in [-0.25, -0.2) is 0 Å². The summed E-state index contributed by atoms with van der Waals surface area (Å²) < 4.78 is 0. The van der Waals surface area contributed by atoms with Crippen LogP contribution in [0.5, 0.6) is 0 Å². The molecular formula is C39H75NO3. The summed E-state index contributed by atoms with van der Waals surface area (Å²) in [5.41, 5.74) is 0. The van der Waals surface area contributed by atoms with E-state index in [2.05, 4.69) is 43.5 Å². The maximum Gasteiger partial charge on any atom is 0.220 e. The van der Waals surface area contributed by atoms with E-state index >= 15 is 0 Å². The Kier molecular flexibility index (Phi) is 34.4. The lowest BCUT2D eigenvalue weighted by Gasteiger charge is -2.22. The fourth-order valence-electron chi connectivity index (χ4n) is 5.74. The molecule has 2 atom stereocenters. The number of hydrogen-bond acceptors (Lipinski definition) is 3. The number of amides is 1. The Hall–Kier alpha value is -1.13. The van der Waals surface area contributed by atoms with Crippen LogP contribution < -0.4 is 5.32 Å². The predicted molar refractivity (Wildman–Crippen MR) is 189 cm³/mol. The summed E-state index contributed by atoms with van der Waals surface area (Å²) in [6, 6.07) is -0.529. The SMILES string of the molecule is CCCCCCC/C=C\C/C=C\CCCCCCCCCCCCCCCCCC(=O)NC(CO)C(O)CCCCCC. The lowest BCUT2D eigenvalue weighted by molar-refractivity contribution is -0.123. The molecule has 0 saturated heterocycles. The van der Waals surface area contributed by atoms with E-state index in [0.29, 0.717) is 12.8 Å². The van der Waals surface area contributed by atoms with E-state index in [1.807, 2.05) is 0 Å². The molecule has 254 valence electrons. The first-order valence-electron chi connectivity index (χ1n) is 19.0. The van der Waals surface area contributed by atoms with Gasteiger partial charge in [-0.05, 0) is 44.9 Å². The van der Waals surface area contributed by atoms with Crippen molar-refractivity contribution in [2.24, 2.45) is 0 Å². The van der Waals surface area contributed by atoms with E-state index in [1.54, 1.807) is 0 Å². The van der Waals surface area contributed by atoms with E-state index in [0.717, 1.165) is 38.5 Å². The highest BCUT2D eigenvalue weighted by Crippen LogP contribution is 2.15. The average molecular weight is 606 g/mol. The molecule has 0 fully saturated rings. The summed E-state index contributed by atoms with van der Waals surface area (Å²) in [6.07, 6.45) is 44.3. The van der Waals surface area contributed by atoms with Crippen molar-refractivity contribution in [2.45, 2.75) is 212 Å². The molecule has 0 rings (SSSR count). The first kappa shape index (κ1) is 41.9. The Labute approximate surface area is 269 Å². The number of aliphatic hydroxyl groups is 2. The number of carbonyl (C=O) groups excluding carboxylic acids is 1. The van der Waals surface area contributed by atoms with Gasteiger partial charge >= 0.3 is 0 Å². The molecule has 0 radical (unpaired) electrons. The van der Waals surface area contributed by atoms with Gasteiger partial charge in [-0.2, -0.15) is 0 Å². The number of unbranched alkanes of at least 4 members (excludes halogenated alkanes) is 23. The second kappa shape index (κ2) is 35.4. The highest BCUT2D eigenvalue weighted by molar-refractivity contribution is 5.76. The summed E-state index contributed by atoms with van der Waals surface area (Å²) in [6.45, 7) is 4.24. The van der Waals surface area contributed by atoms with Crippen molar-refractivity contribution in [1.29, 1.82) is 0 Å². The summed E-state index contributed by atoms with van der Waals surface area (Å²) >= 11 is 0. The fourth-order valence-corrected chi connectivity index (χ4v) is 5.74. The quantitative estimate of drug-likeness (QED) is 0.0505. The predicted octanol–water partition coefficient (Wildman–Crippen LogP) is 11.3. The molecule has 0 bridgehead atoms. The van der Waals surface area contributed by atoms with Gasteiger partial charge in [-0.15, -0.1) is 0 Å². The van der Waals surface area contributed by atoms with E-state index in [1.165, 1.54) is 135 Å². The van der Waals surface area contributed by atoms with Crippen molar-refractivity contribution >= 4 is 5.91 Å². The number of aliphatic hydroxyl groups excluding tert-OH is 2. The first-order valence-corrected chi connectivity index (χ1v) is 19.0. The van der Waals surface area contributed by atoms with Gasteiger partial charge in [-0.1, -0.05) is 173 Å². The zero-order valence-electron chi connectivity index (χ0n) is 29.0. The minimum absolute atomic E-state index is 0.0405. The van der Waals surface area contributed by atoms with Crippen molar-refractivity contribution < 1.29 is 15.0 Å². The molecule has 0 aliphatic carbocycles. The zero-order valence-corrected chi connectivity index (χ0v) is 29.0. The van der Waals surface area contributed by atoms with Crippen LogP contribution in [0.15, 0.2) is 24.3 Å². The van der Waals surface area contributed by atoms with Gasteiger partial charge in [0.15, 0.2) is 0 Å². The number of hydrogen-bond donors (Lipinski definition) is 3. The first-order chi connectivity index (χ1) is 21.2. The van der Waals surface area contributed by atoms with Crippen molar-refractivity contribution in [3.63, 3.8) is 0 Å². The maximum atomic E-state index is 12.2. The Balaban J connectivity index is 3.37. The molecule has 3 N–H and O–H groups in total. The summed E-state index contributed by atoms with van der Waals surface area (Å²) in [5, 5.41) is 22.6. The lowest BCUT2D eigenvalue weighted by atomic mass is 10.0. The second-order valence-corrected chi connectivity index (χ2v) is 13.0. The molecule has 0 saturated carbocycles. The van der Waals surface area contributed by atoms with Gasteiger partial charge in [0.05, 0.1) is 18.8 Å². The average Bonchev–Trinajstić information content (AvgIpc) is 3.01. The Morgan fingerprint density at radius 2 is 0.953 bits per heavy atom. The van der Waals surface area contributed by atoms with Gasteiger partial charge < -0.3 is 15.5 Å². The van der Waals surface area contributed by atoms with E-state index < -0.39 is 12.1 Å². The Bertz CT molecular complexity index is 618. The van der Waals surface area contributed by atoms with Crippen LogP contribution in [0.25, 0.3) is 0 Å². The van der Waals surface area contributed by atoms with Gasteiger partial charge in [0, 0.05) is 6.42 Å². The monoisotopic (exact) mass is 606 g/mol. The number of carbonyl (C=O) groups is 1. The molecule has 43 heavy (non-hydrogen) atoms. The second-order valence-electron chi connectivity index (χ2n) is 13.0. The molecule has 0 spiro atoms. The van der Waals surface area contributed by atoms with Crippen molar-refractivity contribution in [3.8, 4) is 0 Å². The molecule has 0 aromatic carbocycles. The number of rotatable bonds is 34. The van der Waals surface area contributed by atoms with Gasteiger partial charge in [-0.3, -0.25) is 4.79 Å². The lowest BCUT2D eigenvalue weighted by Crippen LogP contribution is -2.45. The molecule has 1 amide bonds. The van der Waals surface area contributed by atoms with Crippen LogP contribution in [0.4, 0.5) is 0 Å². The van der Waals surface area contributed by atoms with Gasteiger partial charge in [0.2, 0.25) is 5.91 Å². The van der Waals surface area contributed by atoms with Crippen LogP contribution in [0.3, 0.4) is 0 Å². The zero-order chi connectivity index (χ0) is 31.5. The number of allylic oxidation sites excluding steroid dienone is 4. The standard InChI is InChI=1S/C39H75NO3/c1-3-5-7-9-10-11-12-13-14-15-16-17-18-19-20-21-22-23-24-25-26-27-28-29-30-31-33-35-39(43)40-37(36-41)38(42)34-32-8-6-4-2/h12-13,15-16,37-38,41-42H,3-11,14,17-36H2,1-2H3,(H,40,43)/b13-12-,16-15-. The largest absolute Gasteiger partial charge is 0.394 e. The molecule has 4 nitrogen and oxygen atoms in total. The van der Waals surface area contributed by atoms with Crippen molar-refractivity contribution in [2.75, 3.05) is 6.61 Å². The van der Waals surface area contributed by atoms with Crippen molar-refractivity contribution in [3.05, 3.63) is 24.3 Å². The minimum Gasteiger partial charge on any atom is -0.394 e. The van der Waals surface area contributed by atoms with Crippen LogP contribution in [0, 0.1) is 0 Å². The fraction of sp³-hybridized carbons (Fsp3) is 0.872. The topological polar surface area (TPSA) is 69.6 Å². The summed E-state index contributed by atoms with van der Waals surface area (Å²) in [7, 11) is 0. The molecular weight excluding hydrogens is 530 g/mol. The van der Waals surface area contributed by atoms with E-state index in [4.69, 9.17) is 0 Å². The normalized spacial score (nSPS) is 13.3. The molecule has 0 aliphatic heterocycles. The molecule has 0 aromatic heterocycles. The third-order valence-corrected chi connectivity index (χ3v) is 8.72. The Morgan fingerprint density at radius 3 is 1.40 bits per heavy atom. The molecule has 0 aliphatic rings. The van der Waals surface area contributed by atoms with Crippen LogP contribution in [-0.4, -0.2) is 34.9 Å². The van der Waals surface area contributed by atoms with E-state index in [9.17, 15) is 15.0 Å². The molecule has 2 unspecified atom stereocenters. The van der Waals surface area contributed by atoms with Crippen LogP contribution in [0.1, 0.15) is 200 Å². The third kappa shape index (κ3) is 32.1. The molecule has 0 aromatic rings. The maximum absolute atomic E-state index is 12.2. The minimum atomic E-state index is -0.652. The van der Waals surface area contributed by atoms with Gasteiger partial charge in [0.1, 0.15) is 0 Å². The van der Waals surface area contributed by atoms with Gasteiger partial charge in [0.25, 0.3) is 0 Å². The van der Waals surface area contributed by atoms with Crippen LogP contribution >= 0.6 is 0 Å². The van der Waals surface area contributed by atoms with Crippen molar-refractivity contribution in [1.82, 2.24) is 5.32 Å². The summed E-state index contributed by atoms with van der Waals surface area (Å²) in [4.78, 5) is 12.2. The third-order valence-electron chi connectivity index (χ3n) is 8.72. The molecule has 0 heterocycles. The number of nitrogens with one attached hydrogen (secondary N) is 1. The van der Waals surface area contributed by atoms with Crippen LogP contribution in [0.2, 0.25) is 0 Å². The highest BCUT2D eigenvalue weighted by Gasteiger charge is 2.19. The van der Waals surface area contributed by atoms with Crippen LogP contribution in [-0.2, 0) is 4.79 Å². The Morgan fingerprint density at radius 1 is 0.558 bits per heavy atom. The highest BCUT2D eigenvalue weighted by atomic mass is 16.3.